The number of fused-ring (bicyclic) bond motifs is 1. The molecular formula is C32H28ClFN8O. The maximum absolute atomic E-state index is 13.4. The van der Waals surface area contributed by atoms with Gasteiger partial charge >= 0.3 is 0 Å². The second kappa shape index (κ2) is 12.1. The van der Waals surface area contributed by atoms with Gasteiger partial charge in [-0.25, -0.2) is 4.39 Å². The Balaban J connectivity index is 1.39. The summed E-state index contributed by atoms with van der Waals surface area (Å²) in [5.41, 5.74) is 5.14. The normalized spacial score (nSPS) is 14.5. The van der Waals surface area contributed by atoms with E-state index in [9.17, 15) is 14.4 Å². The Morgan fingerprint density at radius 3 is 2.60 bits per heavy atom. The van der Waals surface area contributed by atoms with Crippen molar-refractivity contribution >= 4 is 39.8 Å². The van der Waals surface area contributed by atoms with E-state index >= 15 is 0 Å². The van der Waals surface area contributed by atoms with E-state index in [4.69, 9.17) is 11.6 Å². The first kappa shape index (κ1) is 28.1. The standard InChI is InChI=1S/C32H28ClFN8O/c1-2-27(19-7-4-3-5-8-19)39-29-22(14-35)15-36-31-25(29)12-24(13-26(31)33)38-30(28-16-37-41-40-28)20-9-6-10-21(11-20)32(43)42-17-23(34)18-42/h3-13,15-16,23,27,30,38H,2,17-18H2,1H3,(H,36,39)(H,37,40,41). The Morgan fingerprint density at radius 2 is 1.91 bits per heavy atom. The summed E-state index contributed by atoms with van der Waals surface area (Å²) in [7, 11) is 0. The highest BCUT2D eigenvalue weighted by Gasteiger charge is 2.31. The van der Waals surface area contributed by atoms with Crippen LogP contribution in [0.4, 0.5) is 15.8 Å². The average molecular weight is 595 g/mol. The Morgan fingerprint density at radius 1 is 1.12 bits per heavy atom. The van der Waals surface area contributed by atoms with Crippen LogP contribution in [0.2, 0.25) is 5.02 Å². The highest BCUT2D eigenvalue weighted by atomic mass is 35.5. The molecule has 1 aliphatic heterocycles. The number of hydrogen-bond donors (Lipinski definition) is 3. The fourth-order valence-corrected chi connectivity index (χ4v) is 5.60. The third-order valence-corrected chi connectivity index (χ3v) is 7.89. The minimum absolute atomic E-state index is 0.0449. The highest BCUT2D eigenvalue weighted by molar-refractivity contribution is 6.35. The number of H-pyrrole nitrogens is 1. The average Bonchev–Trinajstić information content (AvgIpc) is 3.56. The number of pyridine rings is 1. The quantitative estimate of drug-likeness (QED) is 0.179. The maximum Gasteiger partial charge on any atom is 0.254 e. The number of rotatable bonds is 9. The molecule has 3 aromatic carbocycles. The van der Waals surface area contributed by atoms with Crippen LogP contribution >= 0.6 is 11.6 Å². The maximum atomic E-state index is 13.4. The molecule has 5 aromatic rings. The molecule has 11 heteroatoms. The molecule has 43 heavy (non-hydrogen) atoms. The summed E-state index contributed by atoms with van der Waals surface area (Å²) in [5, 5.41) is 29.1. The third kappa shape index (κ3) is 5.72. The van der Waals surface area contributed by atoms with E-state index in [2.05, 4.69) is 56.2 Å². The molecule has 0 spiro atoms. The number of alkyl halides is 1. The fourth-order valence-electron chi connectivity index (χ4n) is 5.33. The topological polar surface area (TPSA) is 123 Å². The van der Waals surface area contributed by atoms with Crippen molar-refractivity contribution in [2.24, 2.45) is 0 Å². The molecule has 9 nitrogen and oxygen atoms in total. The molecule has 6 rings (SSSR count). The largest absolute Gasteiger partial charge is 0.377 e. The van der Waals surface area contributed by atoms with Crippen LogP contribution in [0.25, 0.3) is 10.9 Å². The molecule has 2 atom stereocenters. The van der Waals surface area contributed by atoms with Crippen molar-refractivity contribution in [3.63, 3.8) is 0 Å². The van der Waals surface area contributed by atoms with Gasteiger partial charge in [-0.05, 0) is 41.8 Å². The molecule has 1 amide bonds. The Bertz CT molecular complexity index is 1800. The molecule has 2 unspecified atom stereocenters. The van der Waals surface area contributed by atoms with Gasteiger partial charge in [-0.3, -0.25) is 9.78 Å². The number of nitriles is 1. The molecule has 1 saturated heterocycles. The number of nitrogens with one attached hydrogen (secondary N) is 3. The lowest BCUT2D eigenvalue weighted by Crippen LogP contribution is -2.51. The van der Waals surface area contributed by atoms with E-state index in [1.807, 2.05) is 30.3 Å². The summed E-state index contributed by atoms with van der Waals surface area (Å²) >= 11 is 6.78. The van der Waals surface area contributed by atoms with Gasteiger partial charge in [-0.1, -0.05) is 61.0 Å². The smallest absolute Gasteiger partial charge is 0.254 e. The number of aromatic nitrogens is 4. The van der Waals surface area contributed by atoms with Gasteiger partial charge in [0.1, 0.15) is 17.9 Å². The SMILES string of the molecule is CCC(Nc1c(C#N)cnc2c(Cl)cc(NC(c3cccc(C(=O)N4CC(F)C4)c3)c3cn[nH]n3)cc12)c1ccccc1. The van der Waals surface area contributed by atoms with E-state index in [0.29, 0.717) is 44.1 Å². The molecule has 1 fully saturated rings. The minimum Gasteiger partial charge on any atom is -0.377 e. The lowest BCUT2D eigenvalue weighted by Gasteiger charge is -2.34. The van der Waals surface area contributed by atoms with Crippen LogP contribution in [0.15, 0.2) is 79.1 Å². The zero-order valence-electron chi connectivity index (χ0n) is 23.3. The summed E-state index contributed by atoms with van der Waals surface area (Å²) in [6.45, 7) is 2.28. The van der Waals surface area contributed by atoms with Gasteiger partial charge < -0.3 is 15.5 Å². The molecule has 1 aliphatic rings. The fraction of sp³-hybridized carbons (Fsp3) is 0.219. The Hall–Kier alpha value is -5.01. The van der Waals surface area contributed by atoms with Gasteiger partial charge in [0, 0.05) is 22.8 Å². The van der Waals surface area contributed by atoms with Crippen molar-refractivity contribution in [1.29, 1.82) is 5.26 Å². The second-order valence-corrected chi connectivity index (χ2v) is 10.8. The lowest BCUT2D eigenvalue weighted by molar-refractivity contribution is 0.0400. The molecule has 0 radical (unpaired) electrons. The summed E-state index contributed by atoms with van der Waals surface area (Å²) in [5.74, 6) is -0.224. The van der Waals surface area contributed by atoms with Crippen LogP contribution in [0.3, 0.4) is 0 Å². The number of aromatic amines is 1. The number of anilines is 2. The van der Waals surface area contributed by atoms with E-state index in [1.54, 1.807) is 30.5 Å². The zero-order valence-corrected chi connectivity index (χ0v) is 24.0. The summed E-state index contributed by atoms with van der Waals surface area (Å²) in [6, 6.07) is 22.6. The van der Waals surface area contributed by atoms with Gasteiger partial charge in [0.15, 0.2) is 0 Å². The van der Waals surface area contributed by atoms with E-state index in [1.165, 1.54) is 11.1 Å². The predicted octanol–water partition coefficient (Wildman–Crippen LogP) is 6.44. The van der Waals surface area contributed by atoms with Gasteiger partial charge in [0.25, 0.3) is 5.91 Å². The molecule has 3 N–H and O–H groups in total. The van der Waals surface area contributed by atoms with E-state index in [-0.39, 0.29) is 25.0 Å². The molecule has 0 bridgehead atoms. The Labute approximate surface area is 252 Å². The van der Waals surface area contributed by atoms with Crippen LogP contribution in [-0.4, -0.2) is 50.5 Å². The first-order valence-electron chi connectivity index (χ1n) is 13.9. The molecule has 2 aromatic heterocycles. The summed E-state index contributed by atoms with van der Waals surface area (Å²) in [6.07, 6.45) is 2.94. The number of amides is 1. The second-order valence-electron chi connectivity index (χ2n) is 10.4. The number of hydrogen-bond acceptors (Lipinski definition) is 7. The van der Waals surface area contributed by atoms with Crippen molar-refractivity contribution in [1.82, 2.24) is 25.3 Å². The first-order chi connectivity index (χ1) is 20.9. The minimum atomic E-state index is -0.981. The van der Waals surface area contributed by atoms with E-state index < -0.39 is 12.2 Å². The number of carbonyl (C=O) groups excluding carboxylic acids is 1. The number of nitrogens with zero attached hydrogens (tertiary/aromatic N) is 5. The van der Waals surface area contributed by atoms with Crippen molar-refractivity contribution < 1.29 is 9.18 Å². The zero-order chi connectivity index (χ0) is 29.9. The molecule has 3 heterocycles. The predicted molar refractivity (Wildman–Crippen MR) is 164 cm³/mol. The third-order valence-electron chi connectivity index (χ3n) is 7.61. The highest BCUT2D eigenvalue weighted by Crippen LogP contribution is 2.37. The molecular weight excluding hydrogens is 567 g/mol. The van der Waals surface area contributed by atoms with Gasteiger partial charge in [-0.2, -0.15) is 20.7 Å². The first-order valence-corrected chi connectivity index (χ1v) is 14.3. The monoisotopic (exact) mass is 594 g/mol. The molecule has 0 aliphatic carbocycles. The number of carbonyl (C=O) groups is 1. The number of benzene rings is 3. The number of halogens is 2. The van der Waals surface area contributed by atoms with Crippen LogP contribution in [-0.2, 0) is 0 Å². The van der Waals surface area contributed by atoms with Gasteiger partial charge in [0.2, 0.25) is 0 Å². The molecule has 0 saturated carbocycles. The van der Waals surface area contributed by atoms with Crippen LogP contribution in [0.5, 0.6) is 0 Å². The van der Waals surface area contributed by atoms with Crippen LogP contribution in [0, 0.1) is 11.3 Å². The Kier molecular flexibility index (Phi) is 7.90. The number of likely N-dealkylation sites (tertiary alicyclic amines) is 1. The van der Waals surface area contributed by atoms with Crippen molar-refractivity contribution in [3.05, 3.63) is 112 Å². The van der Waals surface area contributed by atoms with Crippen LogP contribution in [0.1, 0.15) is 58.2 Å². The van der Waals surface area contributed by atoms with Crippen LogP contribution < -0.4 is 10.6 Å². The van der Waals surface area contributed by atoms with E-state index in [0.717, 1.165) is 17.5 Å². The van der Waals surface area contributed by atoms with Crippen molar-refractivity contribution in [3.8, 4) is 6.07 Å². The summed E-state index contributed by atoms with van der Waals surface area (Å²) < 4.78 is 13.4. The van der Waals surface area contributed by atoms with Gasteiger partial charge in [0.05, 0.1) is 53.2 Å². The van der Waals surface area contributed by atoms with Crippen molar-refractivity contribution in [2.75, 3.05) is 23.7 Å². The lowest BCUT2D eigenvalue weighted by atomic mass is 9.99. The van der Waals surface area contributed by atoms with Gasteiger partial charge in [-0.15, -0.1) is 0 Å². The summed E-state index contributed by atoms with van der Waals surface area (Å²) in [4.78, 5) is 18.9. The van der Waals surface area contributed by atoms with Crippen molar-refractivity contribution in [2.45, 2.75) is 31.6 Å². The molecule has 216 valence electrons.